The topological polar surface area (TPSA) is 83.0 Å². The highest BCUT2D eigenvalue weighted by Gasteiger charge is 2.26. The van der Waals surface area contributed by atoms with Gasteiger partial charge in [-0.3, -0.25) is 9.78 Å². The molecular weight excluding hydrogens is 348 g/mol. The van der Waals surface area contributed by atoms with Crippen LogP contribution in [0.1, 0.15) is 35.6 Å². The second kappa shape index (κ2) is 6.87. The molecule has 0 bridgehead atoms. The van der Waals surface area contributed by atoms with Gasteiger partial charge < -0.3 is 15.5 Å². The lowest BCUT2D eigenvalue weighted by molar-refractivity contribution is 0.0648. The molecule has 1 aliphatic heterocycles. The second-order valence-corrected chi connectivity index (χ2v) is 7.29. The molecule has 0 unspecified atom stereocenters. The van der Waals surface area contributed by atoms with Gasteiger partial charge in [0.05, 0.1) is 27.0 Å². The Morgan fingerprint density at radius 2 is 2.15 bits per heavy atom. The van der Waals surface area contributed by atoms with Gasteiger partial charge >= 0.3 is 0 Å². The molecule has 4 rings (SSSR count). The van der Waals surface area contributed by atoms with E-state index in [0.29, 0.717) is 11.6 Å². The van der Waals surface area contributed by atoms with Crippen LogP contribution < -0.4 is 10.6 Å². The molecule has 1 aliphatic rings. The monoisotopic (exact) mass is 368 g/mol. The van der Waals surface area contributed by atoms with Gasteiger partial charge in [-0.05, 0) is 31.5 Å². The summed E-state index contributed by atoms with van der Waals surface area (Å²) in [6.07, 6.45) is 2.81. The SMILES string of the molecule is CNc1cc2nc(N[C@@H](C)c3ccccn3)nc(C(=O)N3CCC3)c2s1. The Hall–Kier alpha value is -2.74. The number of anilines is 2. The van der Waals surface area contributed by atoms with Gasteiger partial charge in [0.25, 0.3) is 5.91 Å². The molecule has 0 radical (unpaired) electrons. The summed E-state index contributed by atoms with van der Waals surface area (Å²) >= 11 is 1.50. The normalized spacial score (nSPS) is 14.8. The van der Waals surface area contributed by atoms with Gasteiger partial charge in [0.2, 0.25) is 5.95 Å². The number of hydrogen-bond acceptors (Lipinski definition) is 7. The number of nitrogens with one attached hydrogen (secondary N) is 2. The quantitative estimate of drug-likeness (QED) is 0.720. The van der Waals surface area contributed by atoms with Crippen molar-refractivity contribution in [2.45, 2.75) is 19.4 Å². The second-order valence-electron chi connectivity index (χ2n) is 6.24. The number of thiophene rings is 1. The fraction of sp³-hybridized carbons (Fsp3) is 0.333. The van der Waals surface area contributed by atoms with Gasteiger partial charge in [0.1, 0.15) is 0 Å². The third kappa shape index (κ3) is 3.08. The van der Waals surface area contributed by atoms with Crippen LogP contribution in [-0.4, -0.2) is 45.9 Å². The summed E-state index contributed by atoms with van der Waals surface area (Å²) in [5.74, 6) is 0.418. The highest BCUT2D eigenvalue weighted by molar-refractivity contribution is 7.23. The average molecular weight is 368 g/mol. The van der Waals surface area contributed by atoms with E-state index < -0.39 is 0 Å². The van der Waals surface area contributed by atoms with Crippen molar-refractivity contribution in [1.82, 2.24) is 19.9 Å². The van der Waals surface area contributed by atoms with Crippen molar-refractivity contribution in [2.24, 2.45) is 0 Å². The number of carbonyl (C=O) groups excluding carboxylic acids is 1. The lowest BCUT2D eigenvalue weighted by Crippen LogP contribution is -2.42. The molecule has 0 aliphatic carbocycles. The van der Waals surface area contributed by atoms with Crippen molar-refractivity contribution in [1.29, 1.82) is 0 Å². The van der Waals surface area contributed by atoms with E-state index in [1.54, 1.807) is 6.20 Å². The van der Waals surface area contributed by atoms with Crippen molar-refractivity contribution >= 4 is 38.4 Å². The maximum atomic E-state index is 12.8. The molecular formula is C18H20N6OS. The standard InChI is InChI=1S/C18H20N6OS/c1-11(12-6-3-4-7-20-12)21-18-22-13-10-14(19-2)26-16(13)15(23-18)17(25)24-8-5-9-24/h3-4,6-7,10-11,19H,5,8-9H2,1-2H3,(H,21,22,23)/t11-/m0/s1. The van der Waals surface area contributed by atoms with E-state index in [0.717, 1.165) is 40.4 Å². The molecule has 1 atom stereocenters. The zero-order valence-electron chi connectivity index (χ0n) is 14.7. The minimum atomic E-state index is -0.0667. The number of pyridine rings is 1. The number of hydrogen-bond donors (Lipinski definition) is 2. The number of likely N-dealkylation sites (tertiary alicyclic amines) is 1. The first-order valence-corrected chi connectivity index (χ1v) is 9.43. The van der Waals surface area contributed by atoms with E-state index in [9.17, 15) is 4.79 Å². The predicted octanol–water partition coefficient (Wildman–Crippen LogP) is 3.15. The van der Waals surface area contributed by atoms with Gasteiger partial charge in [-0.1, -0.05) is 6.07 Å². The molecule has 0 aromatic carbocycles. The van der Waals surface area contributed by atoms with Crippen LogP contribution in [0.2, 0.25) is 0 Å². The fourth-order valence-corrected chi connectivity index (χ4v) is 3.76. The maximum Gasteiger partial charge on any atom is 0.274 e. The van der Waals surface area contributed by atoms with Crippen LogP contribution in [-0.2, 0) is 0 Å². The molecule has 2 N–H and O–H groups in total. The van der Waals surface area contributed by atoms with Crippen LogP contribution >= 0.6 is 11.3 Å². The van der Waals surface area contributed by atoms with E-state index >= 15 is 0 Å². The summed E-state index contributed by atoms with van der Waals surface area (Å²) in [5.41, 5.74) is 2.14. The van der Waals surface area contributed by atoms with Crippen molar-refractivity contribution in [3.05, 3.63) is 41.9 Å². The average Bonchev–Trinajstić information content (AvgIpc) is 3.03. The Bertz CT molecular complexity index is 938. The molecule has 1 saturated heterocycles. The zero-order valence-corrected chi connectivity index (χ0v) is 15.5. The van der Waals surface area contributed by atoms with E-state index in [4.69, 9.17) is 0 Å². The highest BCUT2D eigenvalue weighted by atomic mass is 32.1. The number of aromatic nitrogens is 3. The van der Waals surface area contributed by atoms with Crippen LogP contribution in [0.15, 0.2) is 30.5 Å². The van der Waals surface area contributed by atoms with Crippen molar-refractivity contribution in [3.8, 4) is 0 Å². The molecule has 0 saturated carbocycles. The first-order valence-electron chi connectivity index (χ1n) is 8.62. The van der Waals surface area contributed by atoms with Crippen LogP contribution in [0.3, 0.4) is 0 Å². The number of amides is 1. The van der Waals surface area contributed by atoms with Gasteiger partial charge in [-0.2, -0.15) is 0 Å². The third-order valence-electron chi connectivity index (χ3n) is 4.44. The predicted molar refractivity (Wildman–Crippen MR) is 104 cm³/mol. The minimum Gasteiger partial charge on any atom is -0.380 e. The Kier molecular flexibility index (Phi) is 4.42. The summed E-state index contributed by atoms with van der Waals surface area (Å²) in [4.78, 5) is 28.2. The van der Waals surface area contributed by atoms with E-state index in [2.05, 4.69) is 25.6 Å². The van der Waals surface area contributed by atoms with Gasteiger partial charge in [0.15, 0.2) is 5.69 Å². The largest absolute Gasteiger partial charge is 0.380 e. The van der Waals surface area contributed by atoms with Crippen molar-refractivity contribution in [2.75, 3.05) is 30.8 Å². The van der Waals surface area contributed by atoms with Gasteiger partial charge in [0, 0.05) is 26.3 Å². The Morgan fingerprint density at radius 3 is 2.81 bits per heavy atom. The fourth-order valence-electron chi connectivity index (χ4n) is 2.83. The molecule has 134 valence electrons. The molecule has 26 heavy (non-hydrogen) atoms. The van der Waals surface area contributed by atoms with E-state index in [1.807, 2.05) is 43.1 Å². The third-order valence-corrected chi connectivity index (χ3v) is 5.59. The van der Waals surface area contributed by atoms with Gasteiger partial charge in [-0.25, -0.2) is 9.97 Å². The molecule has 8 heteroatoms. The summed E-state index contributed by atoms with van der Waals surface area (Å²) in [6, 6.07) is 7.66. The van der Waals surface area contributed by atoms with E-state index in [-0.39, 0.29) is 11.9 Å². The lowest BCUT2D eigenvalue weighted by atomic mass is 10.2. The Balaban J connectivity index is 1.71. The molecule has 7 nitrogen and oxygen atoms in total. The lowest BCUT2D eigenvalue weighted by Gasteiger charge is -2.30. The molecule has 1 amide bonds. The smallest absolute Gasteiger partial charge is 0.274 e. The summed E-state index contributed by atoms with van der Waals surface area (Å²) < 4.78 is 0.822. The first kappa shape index (κ1) is 16.7. The van der Waals surface area contributed by atoms with Crippen LogP contribution in [0.5, 0.6) is 0 Å². The van der Waals surface area contributed by atoms with E-state index in [1.165, 1.54) is 11.3 Å². The van der Waals surface area contributed by atoms with Crippen molar-refractivity contribution in [3.63, 3.8) is 0 Å². The number of nitrogens with zero attached hydrogens (tertiary/aromatic N) is 4. The van der Waals surface area contributed by atoms with Crippen LogP contribution in [0, 0.1) is 0 Å². The Morgan fingerprint density at radius 1 is 1.31 bits per heavy atom. The summed E-state index contributed by atoms with van der Waals surface area (Å²) in [5, 5.41) is 7.36. The molecule has 1 fully saturated rings. The van der Waals surface area contributed by atoms with Crippen LogP contribution in [0.25, 0.3) is 10.2 Å². The summed E-state index contributed by atoms with van der Waals surface area (Å²) in [6.45, 7) is 3.59. The maximum absolute atomic E-state index is 12.8. The van der Waals surface area contributed by atoms with Crippen molar-refractivity contribution < 1.29 is 4.79 Å². The molecule has 4 heterocycles. The number of fused-ring (bicyclic) bond motifs is 1. The first-order chi connectivity index (χ1) is 12.7. The molecule has 3 aromatic heterocycles. The number of rotatable bonds is 5. The van der Waals surface area contributed by atoms with Crippen LogP contribution in [0.4, 0.5) is 10.9 Å². The summed E-state index contributed by atoms with van der Waals surface area (Å²) in [7, 11) is 1.86. The van der Waals surface area contributed by atoms with Gasteiger partial charge in [-0.15, -0.1) is 11.3 Å². The Labute approximate surface area is 155 Å². The molecule has 3 aromatic rings. The zero-order chi connectivity index (χ0) is 18.1. The molecule has 0 spiro atoms. The minimum absolute atomic E-state index is 0.0262. The highest BCUT2D eigenvalue weighted by Crippen LogP contribution is 2.32. The number of carbonyl (C=O) groups is 1.